The van der Waals surface area contributed by atoms with Gasteiger partial charge in [0.2, 0.25) is 12.8 Å². The summed E-state index contributed by atoms with van der Waals surface area (Å²) in [6.45, 7) is 0.410. The molecule has 2 N–H and O–H groups in total. The van der Waals surface area contributed by atoms with Gasteiger partial charge in [-0.05, 0) is 18.4 Å². The van der Waals surface area contributed by atoms with Crippen LogP contribution in [0.3, 0.4) is 0 Å². The summed E-state index contributed by atoms with van der Waals surface area (Å²) >= 11 is 0.983. The van der Waals surface area contributed by atoms with Crippen LogP contribution in [0.25, 0.3) is 0 Å². The maximum atomic E-state index is 11.1. The van der Waals surface area contributed by atoms with Gasteiger partial charge in [-0.15, -0.1) is 0 Å². The summed E-state index contributed by atoms with van der Waals surface area (Å²) in [6.07, 6.45) is 2.78. The standard InChI is InChI=1S/C12H15N3O3S/c16-9-13-14-12(6-7-12)15(10-17)19-18-8-11-4-2-1-3-5-11/h1-5,9-10,14H,6-8H2,(H,13,16). The molecule has 102 valence electrons. The van der Waals surface area contributed by atoms with E-state index < -0.39 is 5.66 Å². The zero-order valence-corrected chi connectivity index (χ0v) is 11.1. The predicted octanol–water partition coefficient (Wildman–Crippen LogP) is 0.965. The molecule has 0 unspecified atom stereocenters. The second-order valence-electron chi connectivity index (χ2n) is 4.17. The largest absolute Gasteiger partial charge is 0.292 e. The van der Waals surface area contributed by atoms with Gasteiger partial charge in [-0.3, -0.25) is 19.2 Å². The Balaban J connectivity index is 1.80. The van der Waals surface area contributed by atoms with E-state index in [-0.39, 0.29) is 0 Å². The quantitative estimate of drug-likeness (QED) is 0.232. The second kappa shape index (κ2) is 6.55. The van der Waals surface area contributed by atoms with E-state index in [9.17, 15) is 9.59 Å². The van der Waals surface area contributed by atoms with E-state index in [1.807, 2.05) is 30.3 Å². The summed E-state index contributed by atoms with van der Waals surface area (Å²) in [5, 5.41) is 0. The zero-order valence-electron chi connectivity index (χ0n) is 10.2. The van der Waals surface area contributed by atoms with Crippen LogP contribution in [0.2, 0.25) is 0 Å². The van der Waals surface area contributed by atoms with E-state index in [4.69, 9.17) is 4.18 Å². The number of nitrogens with one attached hydrogen (secondary N) is 2. The molecule has 1 aliphatic carbocycles. The highest BCUT2D eigenvalue weighted by Crippen LogP contribution is 2.41. The Morgan fingerprint density at radius 1 is 1.32 bits per heavy atom. The highest BCUT2D eigenvalue weighted by molar-refractivity contribution is 7.92. The highest BCUT2D eigenvalue weighted by Gasteiger charge is 2.49. The molecule has 0 saturated heterocycles. The Bertz CT molecular complexity index is 425. The summed E-state index contributed by atoms with van der Waals surface area (Å²) < 4.78 is 6.87. The van der Waals surface area contributed by atoms with Gasteiger partial charge >= 0.3 is 0 Å². The van der Waals surface area contributed by atoms with E-state index in [0.717, 1.165) is 30.6 Å². The van der Waals surface area contributed by atoms with Crippen LogP contribution in [0.15, 0.2) is 30.3 Å². The van der Waals surface area contributed by atoms with Crippen LogP contribution in [0, 0.1) is 0 Å². The minimum Gasteiger partial charge on any atom is -0.292 e. The minimum atomic E-state index is -0.524. The molecular weight excluding hydrogens is 266 g/mol. The molecule has 0 heterocycles. The first kappa shape index (κ1) is 13.9. The zero-order chi connectivity index (χ0) is 13.6. The first-order valence-corrected chi connectivity index (χ1v) is 6.55. The first-order chi connectivity index (χ1) is 9.30. The predicted molar refractivity (Wildman–Crippen MR) is 71.0 cm³/mol. The summed E-state index contributed by atoms with van der Waals surface area (Å²) in [4.78, 5) is 21.3. The number of carbonyl (C=O) groups is 2. The van der Waals surface area contributed by atoms with Gasteiger partial charge in [0, 0.05) is 0 Å². The normalized spacial score (nSPS) is 15.6. The molecule has 0 radical (unpaired) electrons. The monoisotopic (exact) mass is 281 g/mol. The summed E-state index contributed by atoms with van der Waals surface area (Å²) in [5.41, 5.74) is 5.68. The van der Waals surface area contributed by atoms with E-state index in [2.05, 4.69) is 10.9 Å². The Morgan fingerprint density at radius 2 is 2.05 bits per heavy atom. The lowest BCUT2D eigenvalue weighted by Gasteiger charge is -2.26. The number of benzene rings is 1. The molecule has 0 atom stereocenters. The Morgan fingerprint density at radius 3 is 2.63 bits per heavy atom. The Kier molecular flexibility index (Phi) is 4.78. The fraction of sp³-hybridized carbons (Fsp3) is 0.333. The molecule has 6 nitrogen and oxygen atoms in total. The van der Waals surface area contributed by atoms with E-state index in [1.165, 1.54) is 4.31 Å². The SMILES string of the molecule is O=CNNC1(N(C=O)SOCc2ccccc2)CC1. The number of rotatable bonds is 9. The number of hydrazine groups is 1. The topological polar surface area (TPSA) is 70.7 Å². The van der Waals surface area contributed by atoms with Gasteiger partial charge in [-0.25, -0.2) is 9.73 Å². The van der Waals surface area contributed by atoms with Crippen molar-refractivity contribution >= 4 is 25.0 Å². The lowest BCUT2D eigenvalue weighted by molar-refractivity contribution is -0.118. The molecule has 1 saturated carbocycles. The van der Waals surface area contributed by atoms with Gasteiger partial charge in [-0.2, -0.15) is 0 Å². The summed E-state index contributed by atoms with van der Waals surface area (Å²) in [5.74, 6) is 0. The number of amides is 2. The number of nitrogens with zero attached hydrogens (tertiary/aromatic N) is 1. The van der Waals surface area contributed by atoms with Crippen molar-refractivity contribution < 1.29 is 13.8 Å². The van der Waals surface area contributed by atoms with Gasteiger partial charge < -0.3 is 0 Å². The molecule has 7 heteroatoms. The summed E-state index contributed by atoms with van der Waals surface area (Å²) in [6, 6.07) is 9.69. The van der Waals surface area contributed by atoms with Crippen molar-refractivity contribution in [3.63, 3.8) is 0 Å². The average molecular weight is 281 g/mol. The van der Waals surface area contributed by atoms with Crippen LogP contribution < -0.4 is 10.9 Å². The number of carbonyl (C=O) groups excluding carboxylic acids is 2. The van der Waals surface area contributed by atoms with Crippen LogP contribution in [0.1, 0.15) is 18.4 Å². The van der Waals surface area contributed by atoms with Crippen molar-refractivity contribution in [3.8, 4) is 0 Å². The minimum absolute atomic E-state index is 0.410. The maximum absolute atomic E-state index is 11.1. The van der Waals surface area contributed by atoms with E-state index in [0.29, 0.717) is 19.4 Å². The highest BCUT2D eigenvalue weighted by atomic mass is 32.2. The third-order valence-corrected chi connectivity index (χ3v) is 3.63. The van der Waals surface area contributed by atoms with Gasteiger partial charge in [0.15, 0.2) is 0 Å². The molecule has 1 aliphatic rings. The molecule has 1 aromatic carbocycles. The van der Waals surface area contributed by atoms with Crippen LogP contribution in [0.5, 0.6) is 0 Å². The third-order valence-electron chi connectivity index (χ3n) is 2.81. The maximum Gasteiger partial charge on any atom is 0.223 e. The fourth-order valence-corrected chi connectivity index (χ4v) is 2.31. The van der Waals surface area contributed by atoms with Crippen molar-refractivity contribution in [3.05, 3.63) is 35.9 Å². The van der Waals surface area contributed by atoms with Crippen molar-refractivity contribution in [2.24, 2.45) is 0 Å². The van der Waals surface area contributed by atoms with Crippen LogP contribution in [-0.4, -0.2) is 22.8 Å². The molecule has 0 bridgehead atoms. The molecule has 0 aromatic heterocycles. The molecule has 0 spiro atoms. The van der Waals surface area contributed by atoms with Gasteiger partial charge in [-0.1, -0.05) is 30.3 Å². The molecular formula is C12H15N3O3S. The smallest absolute Gasteiger partial charge is 0.223 e. The van der Waals surface area contributed by atoms with Crippen molar-refractivity contribution in [1.82, 2.24) is 15.2 Å². The van der Waals surface area contributed by atoms with Gasteiger partial charge in [0.1, 0.15) is 17.9 Å². The molecule has 1 fully saturated rings. The fourth-order valence-electron chi connectivity index (χ4n) is 1.60. The summed E-state index contributed by atoms with van der Waals surface area (Å²) in [7, 11) is 0. The van der Waals surface area contributed by atoms with Crippen molar-refractivity contribution in [2.75, 3.05) is 0 Å². The van der Waals surface area contributed by atoms with Gasteiger partial charge in [0.05, 0.1) is 6.61 Å². The Hall–Kier alpha value is -1.57. The second-order valence-corrected chi connectivity index (χ2v) is 4.95. The number of hydrogen-bond acceptors (Lipinski definition) is 5. The molecule has 19 heavy (non-hydrogen) atoms. The lowest BCUT2D eigenvalue weighted by atomic mass is 10.2. The molecule has 2 amide bonds. The van der Waals surface area contributed by atoms with Crippen LogP contribution in [0.4, 0.5) is 0 Å². The molecule has 0 aliphatic heterocycles. The van der Waals surface area contributed by atoms with Crippen LogP contribution in [-0.2, 0) is 20.4 Å². The van der Waals surface area contributed by atoms with E-state index in [1.54, 1.807) is 0 Å². The van der Waals surface area contributed by atoms with Gasteiger partial charge in [0.25, 0.3) is 0 Å². The molecule has 1 aromatic rings. The van der Waals surface area contributed by atoms with Crippen LogP contribution >= 0.6 is 12.2 Å². The molecule has 2 rings (SSSR count). The lowest BCUT2D eigenvalue weighted by Crippen LogP contribution is -2.50. The van der Waals surface area contributed by atoms with Crippen molar-refractivity contribution in [2.45, 2.75) is 25.1 Å². The number of hydrogen-bond donors (Lipinski definition) is 2. The van der Waals surface area contributed by atoms with E-state index >= 15 is 0 Å². The third kappa shape index (κ3) is 3.69. The Labute approximate surface area is 115 Å². The average Bonchev–Trinajstić information content (AvgIpc) is 3.23. The van der Waals surface area contributed by atoms with Crippen molar-refractivity contribution in [1.29, 1.82) is 0 Å². The first-order valence-electron chi connectivity index (χ1n) is 5.85.